The molecule has 0 aliphatic rings. The predicted molar refractivity (Wildman–Crippen MR) is 86.6 cm³/mol. The molecule has 0 bridgehead atoms. The Labute approximate surface area is 139 Å². The summed E-state index contributed by atoms with van der Waals surface area (Å²) in [7, 11) is 0. The van der Waals surface area contributed by atoms with E-state index in [-0.39, 0.29) is 11.7 Å². The van der Waals surface area contributed by atoms with Crippen LogP contribution >= 0.6 is 35.0 Å². The summed E-state index contributed by atoms with van der Waals surface area (Å²) in [5, 5.41) is 16.3. The zero-order valence-electron chi connectivity index (χ0n) is 11.0. The maximum absolute atomic E-state index is 11.9. The average Bonchev–Trinajstić information content (AvgIpc) is 2.91. The number of hydrogen-bond acceptors (Lipinski definition) is 5. The van der Waals surface area contributed by atoms with E-state index in [1.807, 2.05) is 0 Å². The third-order valence-corrected chi connectivity index (χ3v) is 3.99. The number of hydrogen-bond donors (Lipinski definition) is 1. The van der Waals surface area contributed by atoms with Crippen molar-refractivity contribution >= 4 is 52.2 Å². The predicted octanol–water partition coefficient (Wildman–Crippen LogP) is 3.16. The fraction of sp³-hybridized carbons (Fsp3) is 0.0769. The molecule has 0 saturated heterocycles. The molecule has 6 nitrogen and oxygen atoms in total. The number of nitrogens with zero attached hydrogens (tertiary/aromatic N) is 4. The van der Waals surface area contributed by atoms with Gasteiger partial charge in [0.05, 0.1) is 5.75 Å². The van der Waals surface area contributed by atoms with Gasteiger partial charge < -0.3 is 5.32 Å². The molecule has 2 aromatic heterocycles. The van der Waals surface area contributed by atoms with E-state index >= 15 is 0 Å². The largest absolute Gasteiger partial charge is 0.325 e. The van der Waals surface area contributed by atoms with E-state index in [2.05, 4.69) is 20.6 Å². The van der Waals surface area contributed by atoms with Gasteiger partial charge in [0.25, 0.3) is 0 Å². The molecule has 0 fully saturated rings. The molecule has 0 atom stereocenters. The minimum Gasteiger partial charge on any atom is -0.325 e. The second-order valence-corrected chi connectivity index (χ2v) is 6.17. The number of rotatable bonds is 4. The molecule has 0 aliphatic heterocycles. The van der Waals surface area contributed by atoms with Crippen LogP contribution in [0.3, 0.4) is 0 Å². The first-order valence-corrected chi connectivity index (χ1v) is 7.90. The number of carbonyl (C=O) groups excluding carboxylic acids is 1. The van der Waals surface area contributed by atoms with Gasteiger partial charge in [-0.15, -0.1) is 10.2 Å². The smallest absolute Gasteiger partial charge is 0.234 e. The van der Waals surface area contributed by atoms with E-state index in [9.17, 15) is 4.79 Å². The number of amides is 1. The van der Waals surface area contributed by atoms with E-state index < -0.39 is 0 Å². The zero-order valence-corrected chi connectivity index (χ0v) is 13.4. The maximum atomic E-state index is 11.9. The molecule has 0 unspecified atom stereocenters. The third kappa shape index (κ3) is 3.68. The number of thioether (sulfide) groups is 1. The zero-order chi connectivity index (χ0) is 15.5. The minimum absolute atomic E-state index is 0.172. The lowest BCUT2D eigenvalue weighted by atomic mass is 10.3. The summed E-state index contributed by atoms with van der Waals surface area (Å²) in [6.45, 7) is 0. The van der Waals surface area contributed by atoms with Crippen molar-refractivity contribution in [3.05, 3.63) is 46.7 Å². The fourth-order valence-corrected chi connectivity index (χ4v) is 2.94. The van der Waals surface area contributed by atoms with Crippen molar-refractivity contribution in [1.29, 1.82) is 0 Å². The van der Waals surface area contributed by atoms with Gasteiger partial charge in [0.15, 0.2) is 5.65 Å². The molecule has 0 spiro atoms. The van der Waals surface area contributed by atoms with E-state index in [4.69, 9.17) is 23.2 Å². The summed E-state index contributed by atoms with van der Waals surface area (Å²) in [4.78, 5) is 11.9. The van der Waals surface area contributed by atoms with Crippen molar-refractivity contribution < 1.29 is 4.79 Å². The van der Waals surface area contributed by atoms with Gasteiger partial charge in [-0.3, -0.25) is 4.79 Å². The first kappa shape index (κ1) is 15.1. The molecule has 112 valence electrons. The number of aromatic nitrogens is 4. The van der Waals surface area contributed by atoms with Crippen LogP contribution in [0.15, 0.2) is 41.7 Å². The number of fused-ring (bicyclic) bond motifs is 1. The standard InChI is InChI=1S/C13H9Cl2N5OS/c14-8-3-9(15)5-10(4-8)17-12(21)6-22-13-2-1-11-18-16-7-20(11)19-13/h1-5,7H,6H2,(H,17,21). The van der Waals surface area contributed by atoms with Crippen molar-refractivity contribution in [3.63, 3.8) is 0 Å². The Morgan fingerprint density at radius 3 is 2.77 bits per heavy atom. The van der Waals surface area contributed by atoms with Crippen LogP contribution in [0.25, 0.3) is 5.65 Å². The van der Waals surface area contributed by atoms with Crippen molar-refractivity contribution in [2.75, 3.05) is 11.1 Å². The van der Waals surface area contributed by atoms with Crippen molar-refractivity contribution in [3.8, 4) is 0 Å². The van der Waals surface area contributed by atoms with Crippen LogP contribution in [0.2, 0.25) is 10.0 Å². The second kappa shape index (κ2) is 6.51. The van der Waals surface area contributed by atoms with Crippen molar-refractivity contribution in [1.82, 2.24) is 19.8 Å². The van der Waals surface area contributed by atoms with Crippen LogP contribution in [0.5, 0.6) is 0 Å². The molecule has 1 amide bonds. The SMILES string of the molecule is O=C(CSc1ccc2nncn2n1)Nc1cc(Cl)cc(Cl)c1. The van der Waals surface area contributed by atoms with Crippen LogP contribution in [0.1, 0.15) is 0 Å². The lowest BCUT2D eigenvalue weighted by molar-refractivity contribution is -0.113. The maximum Gasteiger partial charge on any atom is 0.234 e. The molecular formula is C13H9Cl2N5OS. The molecule has 1 aromatic carbocycles. The van der Waals surface area contributed by atoms with Crippen molar-refractivity contribution in [2.24, 2.45) is 0 Å². The molecule has 3 aromatic rings. The van der Waals surface area contributed by atoms with Crippen LogP contribution < -0.4 is 5.32 Å². The number of anilines is 1. The van der Waals surface area contributed by atoms with Gasteiger partial charge in [-0.05, 0) is 30.3 Å². The highest BCUT2D eigenvalue weighted by molar-refractivity contribution is 7.99. The fourth-order valence-electron chi connectivity index (χ4n) is 1.75. The summed E-state index contributed by atoms with van der Waals surface area (Å²) < 4.78 is 1.55. The van der Waals surface area contributed by atoms with Crippen LogP contribution in [0.4, 0.5) is 5.69 Å². The van der Waals surface area contributed by atoms with Gasteiger partial charge in [0, 0.05) is 15.7 Å². The van der Waals surface area contributed by atoms with Crippen LogP contribution in [-0.2, 0) is 4.79 Å². The van der Waals surface area contributed by atoms with Gasteiger partial charge in [0.2, 0.25) is 5.91 Å². The molecule has 0 aliphatic carbocycles. The van der Waals surface area contributed by atoms with Crippen LogP contribution in [0, 0.1) is 0 Å². The molecular weight excluding hydrogens is 345 g/mol. The highest BCUT2D eigenvalue weighted by atomic mass is 35.5. The average molecular weight is 354 g/mol. The molecule has 0 radical (unpaired) electrons. The Hall–Kier alpha value is -1.83. The number of halogens is 2. The highest BCUT2D eigenvalue weighted by Crippen LogP contribution is 2.23. The third-order valence-electron chi connectivity index (χ3n) is 2.63. The van der Waals surface area contributed by atoms with Gasteiger partial charge in [-0.2, -0.15) is 9.61 Å². The summed E-state index contributed by atoms with van der Waals surface area (Å²) in [5.74, 6) is 0.0408. The summed E-state index contributed by atoms with van der Waals surface area (Å²) in [6.07, 6.45) is 1.51. The Bertz CT molecular complexity index is 818. The topological polar surface area (TPSA) is 72.2 Å². The summed E-state index contributed by atoms with van der Waals surface area (Å²) >= 11 is 13.1. The Morgan fingerprint density at radius 2 is 2.00 bits per heavy atom. The van der Waals surface area contributed by atoms with E-state index in [0.29, 0.717) is 26.4 Å². The Balaban J connectivity index is 1.61. The molecule has 9 heteroatoms. The van der Waals surface area contributed by atoms with Crippen molar-refractivity contribution in [2.45, 2.75) is 5.03 Å². The quantitative estimate of drug-likeness (QED) is 0.729. The Kier molecular flexibility index (Phi) is 4.47. The number of nitrogens with one attached hydrogen (secondary N) is 1. The Morgan fingerprint density at radius 1 is 1.23 bits per heavy atom. The molecule has 3 rings (SSSR count). The number of carbonyl (C=O) groups is 1. The highest BCUT2D eigenvalue weighted by Gasteiger charge is 2.07. The summed E-state index contributed by atoms with van der Waals surface area (Å²) in [5.41, 5.74) is 1.22. The minimum atomic E-state index is -0.172. The second-order valence-electron chi connectivity index (χ2n) is 4.30. The van der Waals surface area contributed by atoms with Crippen LogP contribution in [-0.4, -0.2) is 31.5 Å². The molecule has 0 saturated carbocycles. The first-order chi connectivity index (χ1) is 10.6. The normalized spacial score (nSPS) is 10.8. The number of benzene rings is 1. The van der Waals surface area contributed by atoms with Gasteiger partial charge in [-0.25, -0.2) is 0 Å². The van der Waals surface area contributed by atoms with E-state index in [1.54, 1.807) is 34.8 Å². The lowest BCUT2D eigenvalue weighted by Gasteiger charge is -2.06. The molecule has 1 N–H and O–H groups in total. The lowest BCUT2D eigenvalue weighted by Crippen LogP contribution is -2.14. The monoisotopic (exact) mass is 353 g/mol. The van der Waals surface area contributed by atoms with Gasteiger partial charge >= 0.3 is 0 Å². The van der Waals surface area contributed by atoms with Gasteiger partial charge in [-0.1, -0.05) is 35.0 Å². The van der Waals surface area contributed by atoms with E-state index in [1.165, 1.54) is 18.1 Å². The first-order valence-electron chi connectivity index (χ1n) is 6.16. The van der Waals surface area contributed by atoms with Gasteiger partial charge in [0.1, 0.15) is 11.4 Å². The van der Waals surface area contributed by atoms with E-state index in [0.717, 1.165) is 0 Å². The molecule has 22 heavy (non-hydrogen) atoms. The molecule has 2 heterocycles. The summed E-state index contributed by atoms with van der Waals surface area (Å²) in [6, 6.07) is 8.45.